The number of rotatable bonds is 15. The van der Waals surface area contributed by atoms with Crippen LogP contribution >= 0.6 is 0 Å². The van der Waals surface area contributed by atoms with Crippen molar-refractivity contribution in [3.63, 3.8) is 0 Å². The first-order valence-electron chi connectivity index (χ1n) is 10.0. The van der Waals surface area contributed by atoms with Crippen LogP contribution in [0.15, 0.2) is 0 Å². The predicted octanol–water partition coefficient (Wildman–Crippen LogP) is 5.14. The van der Waals surface area contributed by atoms with Gasteiger partial charge in [-0.2, -0.15) is 0 Å². The molecule has 0 saturated carbocycles. The Balaban J connectivity index is 4.00. The Bertz CT molecular complexity index is 213. The molecule has 0 unspecified atom stereocenters. The molecule has 0 heterocycles. The van der Waals surface area contributed by atoms with Crippen LogP contribution in [0.25, 0.3) is 0 Å². The van der Waals surface area contributed by atoms with E-state index >= 15 is 0 Å². The van der Waals surface area contributed by atoms with Gasteiger partial charge in [0.15, 0.2) is 0 Å². The van der Waals surface area contributed by atoms with Crippen LogP contribution in [0, 0.1) is 0 Å². The van der Waals surface area contributed by atoms with E-state index in [2.05, 4.69) is 51.3 Å². The predicted molar refractivity (Wildman–Crippen MR) is 105 cm³/mol. The van der Waals surface area contributed by atoms with Gasteiger partial charge in [-0.25, -0.2) is 0 Å². The first-order valence-corrected chi connectivity index (χ1v) is 16.6. The van der Waals surface area contributed by atoms with Gasteiger partial charge in [0, 0.05) is 0 Å². The number of hydrogen-bond donors (Lipinski definition) is 0. The molecular formula is C19H43InN2. The minimum absolute atomic E-state index is 1.05. The van der Waals surface area contributed by atoms with E-state index in [1.807, 2.05) is 0 Å². The first kappa shape index (κ1) is 22.8. The van der Waals surface area contributed by atoms with Crippen molar-refractivity contribution in [1.82, 2.24) is 9.80 Å². The van der Waals surface area contributed by atoms with Crippen LogP contribution in [-0.4, -0.2) is 70.5 Å². The average Bonchev–Trinajstić information content (AvgIpc) is 2.51. The Morgan fingerprint density at radius 3 is 1.36 bits per heavy atom. The molecule has 132 valence electrons. The third-order valence-electron chi connectivity index (χ3n) is 5.02. The van der Waals surface area contributed by atoms with E-state index in [0.717, 1.165) is 3.67 Å². The summed E-state index contributed by atoms with van der Waals surface area (Å²) in [4.78, 5) is 5.28. The van der Waals surface area contributed by atoms with E-state index in [1.165, 1.54) is 65.0 Å². The maximum absolute atomic E-state index is 2.64. The first-order chi connectivity index (χ1) is 10.6. The van der Waals surface area contributed by atoms with Gasteiger partial charge in [0.05, 0.1) is 0 Å². The van der Waals surface area contributed by atoms with Crippen LogP contribution in [0.2, 0.25) is 12.0 Å². The van der Waals surface area contributed by atoms with Crippen molar-refractivity contribution in [2.75, 3.05) is 39.3 Å². The van der Waals surface area contributed by atoms with Crippen LogP contribution in [0.1, 0.15) is 67.2 Å². The molecule has 0 N–H and O–H groups in total. The van der Waals surface area contributed by atoms with Crippen molar-refractivity contribution in [2.45, 2.75) is 79.3 Å². The van der Waals surface area contributed by atoms with Gasteiger partial charge < -0.3 is 0 Å². The molecule has 0 aromatic rings. The Hall–Kier alpha value is 0.790. The van der Waals surface area contributed by atoms with E-state index < -0.39 is 21.4 Å². The Kier molecular flexibility index (Phi) is 15.9. The maximum atomic E-state index is 2.64. The van der Waals surface area contributed by atoms with Crippen LogP contribution in [0.4, 0.5) is 0 Å². The molecule has 0 atom stereocenters. The zero-order valence-corrected chi connectivity index (χ0v) is 19.8. The van der Waals surface area contributed by atoms with Crippen molar-refractivity contribution in [1.29, 1.82) is 0 Å². The number of nitrogens with zero attached hydrogens (tertiary/aromatic N) is 2. The molecule has 0 aromatic heterocycles. The third kappa shape index (κ3) is 11.3. The summed E-state index contributed by atoms with van der Waals surface area (Å²) in [6.07, 6.45) is 5.54. The van der Waals surface area contributed by atoms with Gasteiger partial charge in [-0.15, -0.1) is 0 Å². The summed E-state index contributed by atoms with van der Waals surface area (Å²) in [6, 6.07) is 0. The van der Waals surface area contributed by atoms with Gasteiger partial charge in [-0.3, -0.25) is 0 Å². The summed E-state index contributed by atoms with van der Waals surface area (Å²) in [7, 11) is 0. The average molecular weight is 414 g/mol. The van der Waals surface area contributed by atoms with Gasteiger partial charge in [0.2, 0.25) is 0 Å². The molecule has 0 radical (unpaired) electrons. The summed E-state index contributed by atoms with van der Waals surface area (Å²) < 4.78 is 4.29. The van der Waals surface area contributed by atoms with Crippen LogP contribution in [0.5, 0.6) is 0 Å². The summed E-state index contributed by atoms with van der Waals surface area (Å²) in [5, 5.41) is 0. The standard InChI is InChI=1S/2C8H18N.C3H7.In/c2*1-4-7-9(6-3)8-5-2;1-3-2;/h2*1,4-8H2,2-3H3;3H,1-2H3;. The molecule has 0 aliphatic carbocycles. The molecule has 0 fully saturated rings. The fourth-order valence-corrected chi connectivity index (χ4v) is 12.1. The molecule has 0 spiro atoms. The fourth-order valence-electron chi connectivity index (χ4n) is 3.45. The van der Waals surface area contributed by atoms with Crippen molar-refractivity contribution in [2.24, 2.45) is 0 Å². The molecule has 0 amide bonds. The molecule has 22 heavy (non-hydrogen) atoms. The van der Waals surface area contributed by atoms with Crippen molar-refractivity contribution >= 4 is 21.4 Å². The van der Waals surface area contributed by atoms with Crippen LogP contribution < -0.4 is 0 Å². The Morgan fingerprint density at radius 1 is 0.682 bits per heavy atom. The molecule has 0 aliphatic heterocycles. The zero-order chi connectivity index (χ0) is 16.8. The normalized spacial score (nSPS) is 11.9. The second-order valence-electron chi connectivity index (χ2n) is 7.16. The van der Waals surface area contributed by atoms with E-state index in [1.54, 1.807) is 8.35 Å². The van der Waals surface area contributed by atoms with Gasteiger partial charge >= 0.3 is 150 Å². The summed E-state index contributed by atoms with van der Waals surface area (Å²) in [5.74, 6) is 0. The SMILES string of the molecule is CCCN(CC)CC[CH2][In]([CH2]CCN(CC)CCC)[CH](C)C. The molecule has 3 heteroatoms. The van der Waals surface area contributed by atoms with Gasteiger partial charge in [-0.05, 0) is 0 Å². The molecule has 0 bridgehead atoms. The number of hydrogen-bond acceptors (Lipinski definition) is 2. The van der Waals surface area contributed by atoms with Gasteiger partial charge in [0.1, 0.15) is 0 Å². The summed E-state index contributed by atoms with van der Waals surface area (Å²) in [5.41, 5.74) is 0. The van der Waals surface area contributed by atoms with Crippen molar-refractivity contribution in [3.05, 3.63) is 0 Å². The van der Waals surface area contributed by atoms with Crippen LogP contribution in [-0.2, 0) is 0 Å². The monoisotopic (exact) mass is 414 g/mol. The molecule has 0 aliphatic rings. The minimum atomic E-state index is -1.29. The van der Waals surface area contributed by atoms with E-state index in [4.69, 9.17) is 0 Å². The van der Waals surface area contributed by atoms with Crippen molar-refractivity contribution < 1.29 is 0 Å². The van der Waals surface area contributed by atoms with E-state index in [-0.39, 0.29) is 0 Å². The van der Waals surface area contributed by atoms with Gasteiger partial charge in [0.25, 0.3) is 0 Å². The second-order valence-corrected chi connectivity index (χ2v) is 18.6. The molecule has 0 rings (SSSR count). The molecule has 0 saturated heterocycles. The topological polar surface area (TPSA) is 6.48 Å². The third-order valence-corrected chi connectivity index (χ3v) is 17.0. The second kappa shape index (κ2) is 15.3. The van der Waals surface area contributed by atoms with E-state index in [9.17, 15) is 0 Å². The van der Waals surface area contributed by atoms with E-state index in [0.29, 0.717) is 0 Å². The van der Waals surface area contributed by atoms with Gasteiger partial charge in [-0.1, -0.05) is 0 Å². The quantitative estimate of drug-likeness (QED) is 0.366. The van der Waals surface area contributed by atoms with Crippen LogP contribution in [0.3, 0.4) is 0 Å². The molecule has 0 aromatic carbocycles. The Labute approximate surface area is 149 Å². The van der Waals surface area contributed by atoms with Crippen molar-refractivity contribution in [3.8, 4) is 0 Å². The molecular weight excluding hydrogens is 371 g/mol. The zero-order valence-electron chi connectivity index (χ0n) is 16.5. The summed E-state index contributed by atoms with van der Waals surface area (Å²) >= 11 is -1.29. The Morgan fingerprint density at radius 2 is 1.09 bits per heavy atom. The summed E-state index contributed by atoms with van der Waals surface area (Å²) in [6.45, 7) is 22.0. The molecule has 2 nitrogen and oxygen atoms in total. The fraction of sp³-hybridized carbons (Fsp3) is 1.00.